The van der Waals surface area contributed by atoms with Gasteiger partial charge < -0.3 is 4.74 Å². The molecular formula is C17H16O2. The fraction of sp³-hybridized carbons (Fsp3) is 0.235. The molecule has 0 bridgehead atoms. The minimum Gasteiger partial charge on any atom is -0.480 e. The van der Waals surface area contributed by atoms with Gasteiger partial charge in [-0.3, -0.25) is 4.79 Å². The van der Waals surface area contributed by atoms with Crippen LogP contribution in [0.2, 0.25) is 0 Å². The van der Waals surface area contributed by atoms with E-state index in [2.05, 4.69) is 11.8 Å². The minimum atomic E-state index is 0.373. The highest BCUT2D eigenvalue weighted by molar-refractivity contribution is 6.02. The zero-order chi connectivity index (χ0) is 13.7. The molecule has 0 unspecified atom stereocenters. The second-order valence-corrected chi connectivity index (χ2v) is 4.26. The Balaban J connectivity index is 2.47. The van der Waals surface area contributed by atoms with Crippen LogP contribution in [0.15, 0.2) is 30.3 Å². The molecular weight excluding hydrogens is 236 g/mol. The molecule has 0 radical (unpaired) electrons. The maximum Gasteiger partial charge on any atom is 0.150 e. The smallest absolute Gasteiger partial charge is 0.150 e. The Hall–Kier alpha value is -2.27. The molecule has 2 heteroatoms. The van der Waals surface area contributed by atoms with Gasteiger partial charge in [-0.25, -0.2) is 0 Å². The van der Waals surface area contributed by atoms with Crippen molar-refractivity contribution in [3.8, 4) is 17.6 Å². The quantitative estimate of drug-likeness (QED) is 0.614. The second kappa shape index (κ2) is 6.06. The first-order chi connectivity index (χ1) is 9.27. The number of carbonyl (C=O) groups is 1. The fourth-order valence-corrected chi connectivity index (χ4v) is 2.06. The molecule has 0 saturated carbocycles. The van der Waals surface area contributed by atoms with Crippen LogP contribution in [0.25, 0.3) is 10.8 Å². The van der Waals surface area contributed by atoms with Gasteiger partial charge in [0.1, 0.15) is 12.4 Å². The van der Waals surface area contributed by atoms with Gasteiger partial charge in [-0.05, 0) is 23.9 Å². The third kappa shape index (κ3) is 2.77. The molecule has 0 aliphatic rings. The van der Waals surface area contributed by atoms with E-state index < -0.39 is 0 Å². The van der Waals surface area contributed by atoms with E-state index >= 15 is 0 Å². The van der Waals surface area contributed by atoms with Crippen LogP contribution in [-0.4, -0.2) is 12.9 Å². The highest BCUT2D eigenvalue weighted by Gasteiger charge is 2.09. The summed E-state index contributed by atoms with van der Waals surface area (Å²) in [6, 6.07) is 9.67. The van der Waals surface area contributed by atoms with Crippen molar-refractivity contribution in [1.29, 1.82) is 0 Å². The predicted molar refractivity (Wildman–Crippen MR) is 77.6 cm³/mol. The molecule has 0 aromatic heterocycles. The largest absolute Gasteiger partial charge is 0.480 e. The van der Waals surface area contributed by atoms with E-state index in [1.165, 1.54) is 0 Å². The Morgan fingerprint density at radius 1 is 1.21 bits per heavy atom. The molecule has 2 rings (SSSR count). The maximum atomic E-state index is 11.2. The SMILES string of the molecule is CCC#CCOc1cc(C)c(C=O)c2ccccc12. The lowest BCUT2D eigenvalue weighted by Crippen LogP contribution is -1.98. The van der Waals surface area contributed by atoms with Crippen molar-refractivity contribution in [1.82, 2.24) is 0 Å². The first kappa shape index (κ1) is 13.2. The average molecular weight is 252 g/mol. The van der Waals surface area contributed by atoms with E-state index in [9.17, 15) is 4.79 Å². The predicted octanol–water partition coefficient (Wildman–Crippen LogP) is 3.75. The standard InChI is InChI=1S/C17H16O2/c1-3-4-7-10-19-17-11-13(2)16(12-18)14-8-5-6-9-15(14)17/h5-6,8-9,11-12H,3,10H2,1-2H3. The lowest BCUT2D eigenvalue weighted by molar-refractivity contribution is 0.112. The Morgan fingerprint density at radius 2 is 1.95 bits per heavy atom. The van der Waals surface area contributed by atoms with Crippen molar-refractivity contribution >= 4 is 17.1 Å². The summed E-state index contributed by atoms with van der Waals surface area (Å²) < 4.78 is 5.71. The number of aldehydes is 1. The Morgan fingerprint density at radius 3 is 2.63 bits per heavy atom. The Bertz CT molecular complexity index is 660. The van der Waals surface area contributed by atoms with Crippen LogP contribution < -0.4 is 4.74 Å². The summed E-state index contributed by atoms with van der Waals surface area (Å²) in [6.07, 6.45) is 1.73. The molecule has 0 amide bonds. The topological polar surface area (TPSA) is 26.3 Å². The second-order valence-electron chi connectivity index (χ2n) is 4.26. The molecule has 0 aliphatic heterocycles. The van der Waals surface area contributed by atoms with Crippen LogP contribution in [0.4, 0.5) is 0 Å². The zero-order valence-electron chi connectivity index (χ0n) is 11.2. The number of ether oxygens (including phenoxy) is 1. The summed E-state index contributed by atoms with van der Waals surface area (Å²) in [6.45, 7) is 4.30. The van der Waals surface area contributed by atoms with Gasteiger partial charge in [-0.1, -0.05) is 37.1 Å². The van der Waals surface area contributed by atoms with Gasteiger partial charge in [-0.2, -0.15) is 0 Å². The van der Waals surface area contributed by atoms with Crippen molar-refractivity contribution in [3.63, 3.8) is 0 Å². The zero-order valence-corrected chi connectivity index (χ0v) is 11.2. The van der Waals surface area contributed by atoms with Gasteiger partial charge in [0.2, 0.25) is 0 Å². The van der Waals surface area contributed by atoms with E-state index in [-0.39, 0.29) is 0 Å². The molecule has 0 spiro atoms. The lowest BCUT2D eigenvalue weighted by atomic mass is 10.00. The van der Waals surface area contributed by atoms with Gasteiger partial charge in [0.15, 0.2) is 6.29 Å². The maximum absolute atomic E-state index is 11.2. The van der Waals surface area contributed by atoms with E-state index in [1.807, 2.05) is 44.2 Å². The van der Waals surface area contributed by atoms with Crippen molar-refractivity contribution in [2.75, 3.05) is 6.61 Å². The normalized spacial score (nSPS) is 9.79. The van der Waals surface area contributed by atoms with Crippen molar-refractivity contribution in [2.24, 2.45) is 0 Å². The van der Waals surface area contributed by atoms with Crippen molar-refractivity contribution in [3.05, 3.63) is 41.5 Å². The number of rotatable bonds is 3. The summed E-state index contributed by atoms with van der Waals surface area (Å²) >= 11 is 0. The average Bonchev–Trinajstić information content (AvgIpc) is 2.43. The summed E-state index contributed by atoms with van der Waals surface area (Å²) in [7, 11) is 0. The number of hydrogen-bond donors (Lipinski definition) is 0. The molecule has 0 fully saturated rings. The highest BCUT2D eigenvalue weighted by atomic mass is 16.5. The van der Waals surface area contributed by atoms with E-state index in [0.717, 1.165) is 40.4 Å². The van der Waals surface area contributed by atoms with Crippen LogP contribution in [-0.2, 0) is 0 Å². The molecule has 0 heterocycles. The van der Waals surface area contributed by atoms with Gasteiger partial charge in [-0.15, -0.1) is 5.92 Å². The summed E-state index contributed by atoms with van der Waals surface area (Å²) in [4.78, 5) is 11.2. The molecule has 0 atom stereocenters. The summed E-state index contributed by atoms with van der Waals surface area (Å²) in [5.41, 5.74) is 1.65. The van der Waals surface area contributed by atoms with Crippen molar-refractivity contribution in [2.45, 2.75) is 20.3 Å². The monoisotopic (exact) mass is 252 g/mol. The van der Waals surface area contributed by atoms with Crippen molar-refractivity contribution < 1.29 is 9.53 Å². The van der Waals surface area contributed by atoms with Gasteiger partial charge >= 0.3 is 0 Å². The fourth-order valence-electron chi connectivity index (χ4n) is 2.06. The van der Waals surface area contributed by atoms with Gasteiger partial charge in [0.05, 0.1) is 0 Å². The molecule has 2 aromatic carbocycles. The van der Waals surface area contributed by atoms with Crippen LogP contribution in [0, 0.1) is 18.8 Å². The molecule has 2 aromatic rings. The number of carbonyl (C=O) groups excluding carboxylic acids is 1. The minimum absolute atomic E-state index is 0.373. The Kier molecular flexibility index (Phi) is 4.20. The van der Waals surface area contributed by atoms with E-state index in [4.69, 9.17) is 4.74 Å². The van der Waals surface area contributed by atoms with Crippen LogP contribution in [0.1, 0.15) is 29.3 Å². The third-order valence-electron chi connectivity index (χ3n) is 2.97. The number of aryl methyl sites for hydroxylation is 1. The van der Waals surface area contributed by atoms with Gasteiger partial charge in [0, 0.05) is 17.4 Å². The summed E-state index contributed by atoms with van der Waals surface area (Å²) in [5.74, 6) is 6.71. The van der Waals surface area contributed by atoms with Crippen LogP contribution >= 0.6 is 0 Å². The molecule has 0 N–H and O–H groups in total. The molecule has 0 saturated heterocycles. The molecule has 2 nitrogen and oxygen atoms in total. The first-order valence-corrected chi connectivity index (χ1v) is 6.34. The highest BCUT2D eigenvalue weighted by Crippen LogP contribution is 2.30. The van der Waals surface area contributed by atoms with Gasteiger partial charge in [0.25, 0.3) is 0 Å². The Labute approximate surface area is 113 Å². The van der Waals surface area contributed by atoms with E-state index in [0.29, 0.717) is 6.61 Å². The van der Waals surface area contributed by atoms with Crippen LogP contribution in [0.5, 0.6) is 5.75 Å². The van der Waals surface area contributed by atoms with Crippen LogP contribution in [0.3, 0.4) is 0 Å². The third-order valence-corrected chi connectivity index (χ3v) is 2.97. The number of hydrogen-bond acceptors (Lipinski definition) is 2. The van der Waals surface area contributed by atoms with E-state index in [1.54, 1.807) is 0 Å². The molecule has 0 aliphatic carbocycles. The molecule has 19 heavy (non-hydrogen) atoms. The number of benzene rings is 2. The number of fused-ring (bicyclic) bond motifs is 1. The first-order valence-electron chi connectivity index (χ1n) is 6.34. The molecule has 96 valence electrons. The lowest BCUT2D eigenvalue weighted by Gasteiger charge is -2.11. The summed E-state index contributed by atoms with van der Waals surface area (Å²) in [5, 5.41) is 1.88.